The third-order valence-electron chi connectivity index (χ3n) is 5.45. The van der Waals surface area contributed by atoms with Gasteiger partial charge in [-0.05, 0) is 51.6 Å². The summed E-state index contributed by atoms with van der Waals surface area (Å²) in [7, 11) is 0. The Morgan fingerprint density at radius 3 is 2.25 bits per heavy atom. The Morgan fingerprint density at radius 1 is 0.875 bits per heavy atom. The first-order valence-electron chi connectivity index (χ1n) is 9.29. The van der Waals surface area contributed by atoms with E-state index >= 15 is 0 Å². The van der Waals surface area contributed by atoms with Crippen molar-refractivity contribution in [2.24, 2.45) is 5.92 Å². The number of amides is 3. The molecule has 2 aliphatic heterocycles. The van der Waals surface area contributed by atoms with E-state index in [1.807, 2.05) is 4.90 Å². The average Bonchev–Trinajstić information content (AvgIpc) is 3.09. The van der Waals surface area contributed by atoms with Crippen molar-refractivity contribution in [2.75, 3.05) is 26.2 Å². The van der Waals surface area contributed by atoms with Gasteiger partial charge in [0.25, 0.3) is 0 Å². The molecular weight excluding hydrogens is 328 g/mol. The molecule has 1 unspecified atom stereocenters. The van der Waals surface area contributed by atoms with Gasteiger partial charge in [-0.15, -0.1) is 12.4 Å². The van der Waals surface area contributed by atoms with E-state index in [1.165, 1.54) is 12.8 Å². The van der Waals surface area contributed by atoms with Crippen LogP contribution < -0.4 is 16.0 Å². The molecule has 1 atom stereocenters. The number of nitrogens with zero attached hydrogens (tertiary/aromatic N) is 1. The van der Waals surface area contributed by atoms with Crippen LogP contribution in [-0.4, -0.2) is 55.1 Å². The summed E-state index contributed by atoms with van der Waals surface area (Å²) in [6.07, 6.45) is 8.44. The monoisotopic (exact) mass is 358 g/mol. The van der Waals surface area contributed by atoms with Crippen molar-refractivity contribution in [3.05, 3.63) is 0 Å². The fourth-order valence-electron chi connectivity index (χ4n) is 4.00. The summed E-state index contributed by atoms with van der Waals surface area (Å²) in [5, 5.41) is 9.63. The SMILES string of the molecule is Cl.O=C(NC1CCNCC1)C1CCCN(C(=O)NC2CCCC2)C1. The van der Waals surface area contributed by atoms with Crippen molar-refractivity contribution in [3.8, 4) is 0 Å². The fourth-order valence-corrected chi connectivity index (χ4v) is 4.00. The molecule has 7 heteroatoms. The highest BCUT2D eigenvalue weighted by Gasteiger charge is 2.30. The van der Waals surface area contributed by atoms with E-state index < -0.39 is 0 Å². The van der Waals surface area contributed by atoms with Crippen LogP contribution in [0.4, 0.5) is 4.79 Å². The van der Waals surface area contributed by atoms with Gasteiger partial charge in [-0.3, -0.25) is 4.79 Å². The smallest absolute Gasteiger partial charge is 0.317 e. The van der Waals surface area contributed by atoms with Crippen LogP contribution in [0, 0.1) is 5.92 Å². The van der Waals surface area contributed by atoms with Gasteiger partial charge in [-0.25, -0.2) is 4.79 Å². The second-order valence-electron chi connectivity index (χ2n) is 7.25. The van der Waals surface area contributed by atoms with Gasteiger partial charge in [0.1, 0.15) is 0 Å². The summed E-state index contributed by atoms with van der Waals surface area (Å²) in [4.78, 5) is 26.7. The van der Waals surface area contributed by atoms with Gasteiger partial charge in [0, 0.05) is 25.2 Å². The van der Waals surface area contributed by atoms with Crippen LogP contribution in [0.1, 0.15) is 51.4 Å². The molecule has 3 rings (SSSR count). The minimum absolute atomic E-state index is 0. The summed E-state index contributed by atoms with van der Waals surface area (Å²) in [6.45, 7) is 3.29. The zero-order chi connectivity index (χ0) is 16.1. The molecule has 0 aromatic rings. The molecule has 2 heterocycles. The van der Waals surface area contributed by atoms with Gasteiger partial charge in [0.05, 0.1) is 5.92 Å². The lowest BCUT2D eigenvalue weighted by atomic mass is 9.96. The van der Waals surface area contributed by atoms with Crippen LogP contribution in [0.25, 0.3) is 0 Å². The maximum atomic E-state index is 12.5. The molecule has 0 spiro atoms. The normalized spacial score (nSPS) is 25.8. The number of piperidine rings is 2. The van der Waals surface area contributed by atoms with Crippen molar-refractivity contribution in [1.82, 2.24) is 20.9 Å². The number of rotatable bonds is 3. The number of hydrogen-bond donors (Lipinski definition) is 3. The summed E-state index contributed by atoms with van der Waals surface area (Å²) >= 11 is 0. The van der Waals surface area contributed by atoms with E-state index in [9.17, 15) is 9.59 Å². The number of halogens is 1. The molecule has 3 N–H and O–H groups in total. The Kier molecular flexibility index (Phi) is 7.62. The zero-order valence-corrected chi connectivity index (χ0v) is 15.2. The summed E-state index contributed by atoms with van der Waals surface area (Å²) in [5.41, 5.74) is 0. The molecule has 3 aliphatic rings. The molecule has 0 aromatic carbocycles. The lowest BCUT2D eigenvalue weighted by molar-refractivity contribution is -0.127. The Hall–Kier alpha value is -1.01. The molecule has 138 valence electrons. The molecule has 0 radical (unpaired) electrons. The predicted molar refractivity (Wildman–Crippen MR) is 96.4 cm³/mol. The standard InChI is InChI=1S/C17H30N4O2.ClH/c22-16(19-15-7-9-18-10-8-15)13-4-3-11-21(12-13)17(23)20-14-5-1-2-6-14;/h13-15,18H,1-12H2,(H,19,22)(H,20,23);1H. The van der Waals surface area contributed by atoms with E-state index in [-0.39, 0.29) is 30.3 Å². The highest BCUT2D eigenvalue weighted by atomic mass is 35.5. The van der Waals surface area contributed by atoms with Crippen LogP contribution in [0.2, 0.25) is 0 Å². The molecule has 3 amide bonds. The maximum Gasteiger partial charge on any atom is 0.317 e. The molecule has 2 saturated heterocycles. The van der Waals surface area contributed by atoms with E-state index in [4.69, 9.17) is 0 Å². The number of carbonyl (C=O) groups is 2. The molecule has 1 aliphatic carbocycles. The predicted octanol–water partition coefficient (Wildman–Crippen LogP) is 1.64. The molecular formula is C17H31ClN4O2. The Morgan fingerprint density at radius 2 is 1.54 bits per heavy atom. The largest absolute Gasteiger partial charge is 0.353 e. The highest BCUT2D eigenvalue weighted by Crippen LogP contribution is 2.20. The molecule has 3 fully saturated rings. The van der Waals surface area contributed by atoms with Crippen molar-refractivity contribution in [3.63, 3.8) is 0 Å². The third-order valence-corrected chi connectivity index (χ3v) is 5.45. The molecule has 0 bridgehead atoms. The maximum absolute atomic E-state index is 12.5. The topological polar surface area (TPSA) is 73.5 Å². The highest BCUT2D eigenvalue weighted by molar-refractivity contribution is 5.85. The van der Waals surface area contributed by atoms with Crippen LogP contribution >= 0.6 is 12.4 Å². The lowest BCUT2D eigenvalue weighted by Crippen LogP contribution is -2.52. The summed E-state index contributed by atoms with van der Waals surface area (Å²) < 4.78 is 0. The van der Waals surface area contributed by atoms with Crippen LogP contribution in [-0.2, 0) is 4.79 Å². The molecule has 24 heavy (non-hydrogen) atoms. The average molecular weight is 359 g/mol. The first kappa shape index (κ1) is 19.3. The van der Waals surface area contributed by atoms with Crippen molar-refractivity contribution < 1.29 is 9.59 Å². The van der Waals surface area contributed by atoms with Crippen molar-refractivity contribution in [1.29, 1.82) is 0 Å². The summed E-state index contributed by atoms with van der Waals surface area (Å²) in [5.74, 6) is 0.0863. The number of urea groups is 1. The number of nitrogens with one attached hydrogen (secondary N) is 3. The van der Waals surface area contributed by atoms with E-state index in [1.54, 1.807) is 0 Å². The number of hydrogen-bond acceptors (Lipinski definition) is 3. The second-order valence-corrected chi connectivity index (χ2v) is 7.25. The van der Waals surface area contributed by atoms with Gasteiger partial charge in [0.15, 0.2) is 0 Å². The van der Waals surface area contributed by atoms with Crippen molar-refractivity contribution in [2.45, 2.75) is 63.5 Å². The minimum atomic E-state index is -0.0482. The van der Waals surface area contributed by atoms with Crippen molar-refractivity contribution >= 4 is 24.3 Å². The quantitative estimate of drug-likeness (QED) is 0.718. The van der Waals surface area contributed by atoms with Gasteiger partial charge >= 0.3 is 6.03 Å². The summed E-state index contributed by atoms with van der Waals surface area (Å²) in [6, 6.07) is 0.661. The lowest BCUT2D eigenvalue weighted by Gasteiger charge is -2.34. The fraction of sp³-hybridized carbons (Fsp3) is 0.882. The first-order valence-corrected chi connectivity index (χ1v) is 9.29. The van der Waals surface area contributed by atoms with E-state index in [0.717, 1.165) is 58.2 Å². The van der Waals surface area contributed by atoms with Gasteiger partial charge in [0.2, 0.25) is 5.91 Å². The van der Waals surface area contributed by atoms with Gasteiger partial charge < -0.3 is 20.9 Å². The third kappa shape index (κ3) is 5.24. The van der Waals surface area contributed by atoms with E-state index in [2.05, 4.69) is 16.0 Å². The minimum Gasteiger partial charge on any atom is -0.353 e. The first-order chi connectivity index (χ1) is 11.2. The Labute approximate surface area is 150 Å². The molecule has 0 aromatic heterocycles. The zero-order valence-electron chi connectivity index (χ0n) is 14.4. The molecule has 6 nitrogen and oxygen atoms in total. The Balaban J connectivity index is 0.00000208. The molecule has 1 saturated carbocycles. The van der Waals surface area contributed by atoms with Gasteiger partial charge in [-0.1, -0.05) is 12.8 Å². The van der Waals surface area contributed by atoms with E-state index in [0.29, 0.717) is 18.6 Å². The van der Waals surface area contributed by atoms with Crippen LogP contribution in [0.3, 0.4) is 0 Å². The second kappa shape index (κ2) is 9.47. The number of likely N-dealkylation sites (tertiary alicyclic amines) is 1. The Bertz CT molecular complexity index is 423. The van der Waals surface area contributed by atoms with Crippen LogP contribution in [0.5, 0.6) is 0 Å². The van der Waals surface area contributed by atoms with Crippen LogP contribution in [0.15, 0.2) is 0 Å². The van der Waals surface area contributed by atoms with Gasteiger partial charge in [-0.2, -0.15) is 0 Å². The number of carbonyl (C=O) groups excluding carboxylic acids is 2.